The number of rotatable bonds is 3. The van der Waals surface area contributed by atoms with Gasteiger partial charge in [0.25, 0.3) is 0 Å². The number of hydrogen-bond acceptors (Lipinski definition) is 5. The second-order valence-electron chi connectivity index (χ2n) is 7.53. The van der Waals surface area contributed by atoms with E-state index in [2.05, 4.69) is 26.3 Å². The molecule has 25 heavy (non-hydrogen) atoms. The van der Waals surface area contributed by atoms with E-state index < -0.39 is 5.60 Å². The minimum Gasteiger partial charge on any atom is -0.444 e. The maximum Gasteiger partial charge on any atom is 0.407 e. The Morgan fingerprint density at radius 2 is 1.96 bits per heavy atom. The highest BCUT2D eigenvalue weighted by Crippen LogP contribution is 2.27. The van der Waals surface area contributed by atoms with Gasteiger partial charge in [0.15, 0.2) is 0 Å². The van der Waals surface area contributed by atoms with Crippen LogP contribution >= 0.6 is 0 Å². The molecular formula is C19H26N4O2. The molecule has 0 radical (unpaired) electrons. The second kappa shape index (κ2) is 7.25. The van der Waals surface area contributed by atoms with Crippen molar-refractivity contribution in [3.63, 3.8) is 0 Å². The third-order valence-electron chi connectivity index (χ3n) is 4.37. The zero-order valence-corrected chi connectivity index (χ0v) is 15.2. The van der Waals surface area contributed by atoms with E-state index in [1.165, 1.54) is 0 Å². The predicted octanol–water partition coefficient (Wildman–Crippen LogP) is 3.37. The van der Waals surface area contributed by atoms with E-state index in [1.54, 1.807) is 6.33 Å². The number of ether oxygens (including phenoxy) is 1. The maximum absolute atomic E-state index is 11.8. The number of nitrogens with one attached hydrogen (secondary N) is 1. The highest BCUT2D eigenvalue weighted by molar-refractivity contribution is 5.89. The van der Waals surface area contributed by atoms with Crippen LogP contribution in [0.2, 0.25) is 0 Å². The molecule has 0 aliphatic carbocycles. The number of amides is 1. The lowest BCUT2D eigenvalue weighted by Gasteiger charge is -2.33. The first-order valence-corrected chi connectivity index (χ1v) is 8.84. The smallest absolute Gasteiger partial charge is 0.407 e. The molecule has 1 N–H and O–H groups in total. The molecule has 134 valence electrons. The van der Waals surface area contributed by atoms with Crippen LogP contribution in [0.3, 0.4) is 0 Å². The number of aromatic nitrogens is 2. The van der Waals surface area contributed by atoms with Crippen molar-refractivity contribution < 1.29 is 9.53 Å². The average molecular weight is 342 g/mol. The van der Waals surface area contributed by atoms with E-state index in [-0.39, 0.29) is 6.09 Å². The Morgan fingerprint density at radius 1 is 1.24 bits per heavy atom. The van der Waals surface area contributed by atoms with E-state index in [0.717, 1.165) is 42.7 Å². The lowest BCUT2D eigenvalue weighted by atomic mass is 9.96. The minimum absolute atomic E-state index is 0.336. The van der Waals surface area contributed by atoms with Crippen LogP contribution in [0.25, 0.3) is 10.9 Å². The summed E-state index contributed by atoms with van der Waals surface area (Å²) in [5, 5.41) is 3.98. The number of hydrogen-bond donors (Lipinski definition) is 1. The van der Waals surface area contributed by atoms with Crippen molar-refractivity contribution in [2.45, 2.75) is 39.2 Å². The summed E-state index contributed by atoms with van der Waals surface area (Å²) in [7, 11) is 0. The fourth-order valence-electron chi connectivity index (χ4n) is 3.13. The molecule has 1 saturated heterocycles. The molecular weight excluding hydrogens is 316 g/mol. The number of carbonyl (C=O) groups is 1. The number of anilines is 1. The number of fused-ring (bicyclic) bond motifs is 1. The summed E-state index contributed by atoms with van der Waals surface area (Å²) in [6.45, 7) is 8.14. The van der Waals surface area contributed by atoms with E-state index in [1.807, 2.05) is 39.0 Å². The highest BCUT2D eigenvalue weighted by atomic mass is 16.6. The van der Waals surface area contributed by atoms with Crippen molar-refractivity contribution in [3.8, 4) is 0 Å². The van der Waals surface area contributed by atoms with Crippen LogP contribution in [-0.4, -0.2) is 41.3 Å². The largest absolute Gasteiger partial charge is 0.444 e. The van der Waals surface area contributed by atoms with Gasteiger partial charge < -0.3 is 15.0 Å². The normalized spacial score (nSPS) is 16.0. The van der Waals surface area contributed by atoms with Crippen LogP contribution in [0.5, 0.6) is 0 Å². The van der Waals surface area contributed by atoms with E-state index in [9.17, 15) is 4.79 Å². The number of piperidine rings is 1. The molecule has 1 aromatic carbocycles. The van der Waals surface area contributed by atoms with Crippen molar-refractivity contribution in [2.24, 2.45) is 5.92 Å². The van der Waals surface area contributed by atoms with Gasteiger partial charge in [0.2, 0.25) is 0 Å². The first-order chi connectivity index (χ1) is 11.9. The van der Waals surface area contributed by atoms with Crippen LogP contribution in [0.15, 0.2) is 30.6 Å². The maximum atomic E-state index is 11.8. The summed E-state index contributed by atoms with van der Waals surface area (Å²) in [5.41, 5.74) is 0.517. The topological polar surface area (TPSA) is 67.3 Å². The van der Waals surface area contributed by atoms with E-state index >= 15 is 0 Å². The molecule has 3 rings (SSSR count). The lowest BCUT2D eigenvalue weighted by molar-refractivity contribution is 0.0517. The van der Waals surface area contributed by atoms with Gasteiger partial charge in [-0.25, -0.2) is 14.8 Å². The molecule has 0 bridgehead atoms. The third-order valence-corrected chi connectivity index (χ3v) is 4.37. The number of para-hydroxylation sites is 1. The van der Waals surface area contributed by atoms with Gasteiger partial charge in [-0.1, -0.05) is 12.1 Å². The van der Waals surface area contributed by atoms with Crippen molar-refractivity contribution >= 4 is 22.8 Å². The molecule has 6 nitrogen and oxygen atoms in total. The van der Waals surface area contributed by atoms with Crippen molar-refractivity contribution in [1.29, 1.82) is 0 Å². The van der Waals surface area contributed by atoms with Gasteiger partial charge in [-0.15, -0.1) is 0 Å². The van der Waals surface area contributed by atoms with Gasteiger partial charge in [0, 0.05) is 25.0 Å². The third kappa shape index (κ3) is 4.59. The van der Waals surface area contributed by atoms with Crippen molar-refractivity contribution in [1.82, 2.24) is 15.3 Å². The van der Waals surface area contributed by atoms with Gasteiger partial charge in [-0.3, -0.25) is 0 Å². The Morgan fingerprint density at radius 3 is 2.68 bits per heavy atom. The van der Waals surface area contributed by atoms with Gasteiger partial charge in [-0.2, -0.15) is 0 Å². The number of alkyl carbamates (subject to hydrolysis) is 1. The molecule has 6 heteroatoms. The molecule has 0 atom stereocenters. The first kappa shape index (κ1) is 17.5. The zero-order chi connectivity index (χ0) is 17.9. The first-order valence-electron chi connectivity index (χ1n) is 8.84. The Bertz CT molecular complexity index is 728. The molecule has 0 spiro atoms. The highest BCUT2D eigenvalue weighted by Gasteiger charge is 2.23. The minimum atomic E-state index is -0.457. The van der Waals surface area contributed by atoms with Gasteiger partial charge >= 0.3 is 6.09 Å². The molecule has 1 amide bonds. The zero-order valence-electron chi connectivity index (χ0n) is 15.2. The van der Waals surface area contributed by atoms with Crippen molar-refractivity contribution in [3.05, 3.63) is 30.6 Å². The van der Waals surface area contributed by atoms with Gasteiger partial charge in [0.05, 0.1) is 5.52 Å². The summed E-state index contributed by atoms with van der Waals surface area (Å²) >= 11 is 0. The molecule has 1 aliphatic rings. The second-order valence-corrected chi connectivity index (χ2v) is 7.53. The summed E-state index contributed by atoms with van der Waals surface area (Å²) in [6.07, 6.45) is 3.34. The van der Waals surface area contributed by atoms with Crippen LogP contribution in [0.1, 0.15) is 33.6 Å². The standard InChI is InChI=1S/C19H26N4O2/c1-19(2,3)25-18(24)20-12-14-8-10-23(11-9-14)17-15-6-4-5-7-16(15)21-13-22-17/h4-7,13-14H,8-12H2,1-3H3,(H,20,24). The Kier molecular flexibility index (Phi) is 5.06. The lowest BCUT2D eigenvalue weighted by Crippen LogP contribution is -2.40. The predicted molar refractivity (Wildman–Crippen MR) is 98.7 cm³/mol. The molecule has 2 aromatic rings. The Labute approximate surface area is 148 Å². The average Bonchev–Trinajstić information content (AvgIpc) is 2.58. The summed E-state index contributed by atoms with van der Waals surface area (Å²) < 4.78 is 5.29. The van der Waals surface area contributed by atoms with Crippen LogP contribution in [0.4, 0.5) is 10.6 Å². The summed E-state index contributed by atoms with van der Waals surface area (Å²) in [5.74, 6) is 1.47. The number of nitrogens with zero attached hydrogens (tertiary/aromatic N) is 3. The van der Waals surface area contributed by atoms with Crippen LogP contribution < -0.4 is 10.2 Å². The van der Waals surface area contributed by atoms with E-state index in [4.69, 9.17) is 4.74 Å². The summed E-state index contributed by atoms with van der Waals surface area (Å²) in [4.78, 5) is 22.9. The SMILES string of the molecule is CC(C)(C)OC(=O)NCC1CCN(c2ncnc3ccccc23)CC1. The molecule has 0 saturated carbocycles. The quantitative estimate of drug-likeness (QED) is 0.926. The molecule has 1 fully saturated rings. The summed E-state index contributed by atoms with van der Waals surface area (Å²) in [6, 6.07) is 8.10. The number of benzene rings is 1. The molecule has 0 unspecified atom stereocenters. The monoisotopic (exact) mass is 342 g/mol. The van der Waals surface area contributed by atoms with E-state index in [0.29, 0.717) is 12.5 Å². The Balaban J connectivity index is 1.54. The van der Waals surface area contributed by atoms with Gasteiger partial charge in [-0.05, 0) is 51.7 Å². The Hall–Kier alpha value is -2.37. The van der Waals surface area contributed by atoms with Crippen molar-refractivity contribution in [2.75, 3.05) is 24.5 Å². The fraction of sp³-hybridized carbons (Fsp3) is 0.526. The molecule has 1 aliphatic heterocycles. The van der Waals surface area contributed by atoms with Crippen LogP contribution in [0, 0.1) is 5.92 Å². The number of carbonyl (C=O) groups excluding carboxylic acids is 1. The molecule has 2 heterocycles. The van der Waals surface area contributed by atoms with Gasteiger partial charge in [0.1, 0.15) is 17.7 Å². The fourth-order valence-corrected chi connectivity index (χ4v) is 3.13. The van der Waals surface area contributed by atoms with Crippen LogP contribution in [-0.2, 0) is 4.74 Å². The molecule has 1 aromatic heterocycles.